The summed E-state index contributed by atoms with van der Waals surface area (Å²) in [5.41, 5.74) is 2.49. The third kappa shape index (κ3) is 1.28. The first-order valence-corrected chi connectivity index (χ1v) is 4.07. The van der Waals surface area contributed by atoms with Crippen molar-refractivity contribution in [2.24, 2.45) is 0 Å². The maximum atomic E-state index is 9.72. The van der Waals surface area contributed by atoms with Crippen LogP contribution in [0.5, 0.6) is 5.75 Å². The number of nitrogens with one attached hydrogen (secondary N) is 1. The summed E-state index contributed by atoms with van der Waals surface area (Å²) in [6, 6.07) is 7.46. The van der Waals surface area contributed by atoms with Gasteiger partial charge in [0.2, 0.25) is 0 Å². The minimum Gasteiger partial charge on any atom is -0.507 e. The van der Waals surface area contributed by atoms with Crippen LogP contribution in [0.2, 0.25) is 0 Å². The van der Waals surface area contributed by atoms with Gasteiger partial charge >= 0.3 is 0 Å². The van der Waals surface area contributed by atoms with Crippen molar-refractivity contribution in [2.45, 2.75) is 6.92 Å². The molecule has 3 heteroatoms. The molecule has 1 aromatic carbocycles. The summed E-state index contributed by atoms with van der Waals surface area (Å²) in [5.74, 6) is 0.312. The first kappa shape index (κ1) is 7.86. The molecule has 0 saturated heterocycles. The third-order valence-corrected chi connectivity index (χ3v) is 2.03. The molecule has 0 saturated carbocycles. The van der Waals surface area contributed by atoms with Crippen molar-refractivity contribution in [2.75, 3.05) is 0 Å². The van der Waals surface area contributed by atoms with E-state index in [4.69, 9.17) is 0 Å². The molecule has 1 aromatic heterocycles. The molecule has 0 amide bonds. The van der Waals surface area contributed by atoms with Crippen LogP contribution in [0.25, 0.3) is 11.3 Å². The Morgan fingerprint density at radius 3 is 2.85 bits per heavy atom. The van der Waals surface area contributed by atoms with Crippen molar-refractivity contribution in [1.82, 2.24) is 10.2 Å². The van der Waals surface area contributed by atoms with Gasteiger partial charge in [0.25, 0.3) is 0 Å². The quantitative estimate of drug-likeness (QED) is 0.695. The summed E-state index contributed by atoms with van der Waals surface area (Å²) in [5, 5.41) is 16.4. The molecule has 1 heterocycles. The third-order valence-electron chi connectivity index (χ3n) is 2.03. The average Bonchev–Trinajstić information content (AvgIpc) is 2.62. The van der Waals surface area contributed by atoms with Crippen LogP contribution in [-0.4, -0.2) is 15.3 Å². The van der Waals surface area contributed by atoms with E-state index in [9.17, 15) is 5.11 Å². The second kappa shape index (κ2) is 2.94. The summed E-state index contributed by atoms with van der Waals surface area (Å²) in [4.78, 5) is 0. The number of phenolic OH excluding ortho intramolecular Hbond substituents is 1. The lowest BCUT2D eigenvalue weighted by atomic mass is 10.1. The van der Waals surface area contributed by atoms with E-state index in [-0.39, 0.29) is 0 Å². The van der Waals surface area contributed by atoms with Gasteiger partial charge in [0, 0.05) is 11.8 Å². The minimum atomic E-state index is 0.312. The van der Waals surface area contributed by atoms with E-state index in [0.29, 0.717) is 5.75 Å². The van der Waals surface area contributed by atoms with Gasteiger partial charge in [-0.25, -0.2) is 0 Å². The number of aromatic amines is 1. The molecule has 0 aliphatic heterocycles. The largest absolute Gasteiger partial charge is 0.507 e. The Hall–Kier alpha value is -1.77. The second-order valence-corrected chi connectivity index (χ2v) is 2.94. The van der Waals surface area contributed by atoms with Gasteiger partial charge in [-0.2, -0.15) is 5.10 Å². The summed E-state index contributed by atoms with van der Waals surface area (Å²) in [7, 11) is 0. The van der Waals surface area contributed by atoms with E-state index in [1.54, 1.807) is 6.20 Å². The Bertz CT molecular complexity index is 407. The monoisotopic (exact) mass is 174 g/mol. The molecule has 2 aromatic rings. The van der Waals surface area contributed by atoms with Crippen molar-refractivity contribution in [1.29, 1.82) is 0 Å². The number of benzene rings is 1. The maximum absolute atomic E-state index is 9.72. The summed E-state index contributed by atoms with van der Waals surface area (Å²) in [6.45, 7) is 1.87. The zero-order chi connectivity index (χ0) is 9.26. The molecular formula is C10H10N2O. The van der Waals surface area contributed by atoms with E-state index in [1.807, 2.05) is 31.2 Å². The van der Waals surface area contributed by atoms with Crippen LogP contribution in [0, 0.1) is 6.92 Å². The molecule has 0 spiro atoms. The topological polar surface area (TPSA) is 48.9 Å². The molecule has 0 radical (unpaired) electrons. The number of H-pyrrole nitrogens is 1. The van der Waals surface area contributed by atoms with Crippen LogP contribution in [0.3, 0.4) is 0 Å². The highest BCUT2D eigenvalue weighted by molar-refractivity contribution is 5.68. The molecule has 0 unspecified atom stereocenters. The van der Waals surface area contributed by atoms with Crippen LogP contribution in [0.1, 0.15) is 5.56 Å². The fourth-order valence-electron chi connectivity index (χ4n) is 1.28. The normalized spacial score (nSPS) is 10.2. The van der Waals surface area contributed by atoms with Gasteiger partial charge in [-0.05, 0) is 24.6 Å². The number of para-hydroxylation sites is 1. The van der Waals surface area contributed by atoms with Crippen LogP contribution in [0.4, 0.5) is 0 Å². The number of aromatic nitrogens is 2. The van der Waals surface area contributed by atoms with Crippen molar-refractivity contribution >= 4 is 0 Å². The second-order valence-electron chi connectivity index (χ2n) is 2.94. The molecule has 0 atom stereocenters. The van der Waals surface area contributed by atoms with Crippen LogP contribution >= 0.6 is 0 Å². The number of aromatic hydroxyl groups is 1. The molecular weight excluding hydrogens is 164 g/mol. The number of phenols is 1. The standard InChI is InChI=1S/C10H10N2O/c1-7-3-2-4-8(10(7)13)9-5-6-11-12-9/h2-6,13H,1H3,(H,11,12). The van der Waals surface area contributed by atoms with Crippen molar-refractivity contribution in [3.63, 3.8) is 0 Å². The Balaban J connectivity index is 2.59. The molecule has 0 bridgehead atoms. The first-order chi connectivity index (χ1) is 6.29. The van der Waals surface area contributed by atoms with Crippen LogP contribution < -0.4 is 0 Å². The van der Waals surface area contributed by atoms with E-state index in [1.165, 1.54) is 0 Å². The maximum Gasteiger partial charge on any atom is 0.127 e. The minimum absolute atomic E-state index is 0.312. The van der Waals surface area contributed by atoms with Gasteiger partial charge in [-0.15, -0.1) is 0 Å². The van der Waals surface area contributed by atoms with E-state index >= 15 is 0 Å². The Labute approximate surface area is 76.0 Å². The molecule has 0 aliphatic carbocycles. The molecule has 2 rings (SSSR count). The molecule has 0 aliphatic rings. The zero-order valence-corrected chi connectivity index (χ0v) is 7.28. The molecule has 0 fully saturated rings. The fraction of sp³-hybridized carbons (Fsp3) is 0.100. The van der Waals surface area contributed by atoms with Gasteiger partial charge in [0.1, 0.15) is 5.75 Å². The van der Waals surface area contributed by atoms with Crippen molar-refractivity contribution in [3.8, 4) is 17.0 Å². The number of rotatable bonds is 1. The Kier molecular flexibility index (Phi) is 1.77. The number of aryl methyl sites for hydroxylation is 1. The van der Waals surface area contributed by atoms with Crippen molar-refractivity contribution < 1.29 is 5.11 Å². The molecule has 13 heavy (non-hydrogen) atoms. The van der Waals surface area contributed by atoms with Gasteiger partial charge < -0.3 is 5.11 Å². The summed E-state index contributed by atoms with van der Waals surface area (Å²) >= 11 is 0. The number of hydrogen-bond donors (Lipinski definition) is 2. The lowest BCUT2D eigenvalue weighted by molar-refractivity contribution is 0.473. The lowest BCUT2D eigenvalue weighted by Gasteiger charge is -2.03. The highest BCUT2D eigenvalue weighted by Gasteiger charge is 2.06. The lowest BCUT2D eigenvalue weighted by Crippen LogP contribution is -1.82. The smallest absolute Gasteiger partial charge is 0.127 e. The van der Waals surface area contributed by atoms with E-state index in [0.717, 1.165) is 16.8 Å². The Morgan fingerprint density at radius 1 is 1.31 bits per heavy atom. The Morgan fingerprint density at radius 2 is 2.15 bits per heavy atom. The highest BCUT2D eigenvalue weighted by Crippen LogP contribution is 2.29. The van der Waals surface area contributed by atoms with Crippen molar-refractivity contribution in [3.05, 3.63) is 36.0 Å². The first-order valence-electron chi connectivity index (χ1n) is 4.07. The fourth-order valence-corrected chi connectivity index (χ4v) is 1.28. The van der Waals surface area contributed by atoms with Gasteiger partial charge in [-0.1, -0.05) is 12.1 Å². The van der Waals surface area contributed by atoms with Gasteiger partial charge in [0.15, 0.2) is 0 Å². The molecule has 66 valence electrons. The average molecular weight is 174 g/mol. The van der Waals surface area contributed by atoms with Gasteiger partial charge in [-0.3, -0.25) is 5.10 Å². The molecule has 3 nitrogen and oxygen atoms in total. The SMILES string of the molecule is Cc1cccc(-c2ccn[nH]2)c1O. The highest BCUT2D eigenvalue weighted by atomic mass is 16.3. The van der Waals surface area contributed by atoms with Crippen LogP contribution in [0.15, 0.2) is 30.5 Å². The number of nitrogens with zero attached hydrogens (tertiary/aromatic N) is 1. The predicted molar refractivity (Wildman–Crippen MR) is 50.4 cm³/mol. The van der Waals surface area contributed by atoms with Crippen LogP contribution in [-0.2, 0) is 0 Å². The summed E-state index contributed by atoms with van der Waals surface area (Å²) in [6.07, 6.45) is 1.66. The molecule has 2 N–H and O–H groups in total. The number of hydrogen-bond acceptors (Lipinski definition) is 2. The summed E-state index contributed by atoms with van der Waals surface area (Å²) < 4.78 is 0. The van der Waals surface area contributed by atoms with Gasteiger partial charge in [0.05, 0.1) is 5.69 Å². The zero-order valence-electron chi connectivity index (χ0n) is 7.28. The predicted octanol–water partition coefficient (Wildman–Crippen LogP) is 2.09. The van der Waals surface area contributed by atoms with E-state index in [2.05, 4.69) is 10.2 Å². The van der Waals surface area contributed by atoms with E-state index < -0.39 is 0 Å².